The van der Waals surface area contributed by atoms with E-state index in [-0.39, 0.29) is 29.3 Å². The van der Waals surface area contributed by atoms with Crippen molar-refractivity contribution in [3.63, 3.8) is 0 Å². The number of anilines is 2. The van der Waals surface area contributed by atoms with E-state index < -0.39 is 11.8 Å². The van der Waals surface area contributed by atoms with Crippen LogP contribution in [0.15, 0.2) is 79.9 Å². The Morgan fingerprint density at radius 1 is 1.05 bits per heavy atom. The summed E-state index contributed by atoms with van der Waals surface area (Å²) in [5, 5.41) is 7.91. The summed E-state index contributed by atoms with van der Waals surface area (Å²) in [6, 6.07) is 12.2. The second-order valence-corrected chi connectivity index (χ2v) is 9.90. The minimum Gasteiger partial charge on any atom is -0.493 e. The molecule has 1 fully saturated rings. The third-order valence-corrected chi connectivity index (χ3v) is 7.10. The number of carbonyl (C=O) groups excluding carboxylic acids is 1. The number of nitrogens with zero attached hydrogens (tertiary/aromatic N) is 6. The van der Waals surface area contributed by atoms with Gasteiger partial charge >= 0.3 is 0 Å². The van der Waals surface area contributed by atoms with Gasteiger partial charge in [-0.15, -0.1) is 5.10 Å². The number of likely N-dealkylation sites (tertiary alicyclic amines) is 1. The molecule has 11 nitrogen and oxygen atoms in total. The molecule has 1 amide bonds. The third kappa shape index (κ3) is 6.11. The number of amides is 1. The summed E-state index contributed by atoms with van der Waals surface area (Å²) in [6.45, 7) is 4.68. The lowest BCUT2D eigenvalue weighted by Gasteiger charge is -2.31. The lowest BCUT2D eigenvalue weighted by atomic mass is 10.1. The predicted octanol–water partition coefficient (Wildman–Crippen LogP) is 5.59. The second-order valence-electron chi connectivity index (χ2n) is 9.90. The van der Waals surface area contributed by atoms with Gasteiger partial charge in [0, 0.05) is 55.7 Å². The lowest BCUT2D eigenvalue weighted by molar-refractivity contribution is -0.127. The molecule has 13 heteroatoms. The fourth-order valence-corrected chi connectivity index (χ4v) is 4.84. The van der Waals surface area contributed by atoms with Crippen LogP contribution in [0.1, 0.15) is 12.8 Å². The number of methoxy groups -OCH3 is 1. The van der Waals surface area contributed by atoms with E-state index >= 15 is 4.39 Å². The maximum absolute atomic E-state index is 15.2. The van der Waals surface area contributed by atoms with E-state index in [9.17, 15) is 9.18 Å². The fourth-order valence-electron chi connectivity index (χ4n) is 4.84. The Labute approximate surface area is 250 Å². The number of pyridine rings is 1. The third-order valence-electron chi connectivity index (χ3n) is 7.10. The smallest absolute Gasteiger partial charge is 0.245 e. The van der Waals surface area contributed by atoms with Gasteiger partial charge in [0.25, 0.3) is 0 Å². The summed E-state index contributed by atoms with van der Waals surface area (Å²) in [7, 11) is 1.54. The number of benzene rings is 2. The van der Waals surface area contributed by atoms with Gasteiger partial charge in [-0.2, -0.15) is 4.39 Å². The Hall–Kier alpha value is -5.59. The highest BCUT2D eigenvalue weighted by Crippen LogP contribution is 2.37. The van der Waals surface area contributed by atoms with Crippen LogP contribution < -0.4 is 19.5 Å². The number of fused-ring (bicyclic) bond motifs is 1. The van der Waals surface area contributed by atoms with Crippen molar-refractivity contribution in [2.24, 2.45) is 0 Å². The highest BCUT2D eigenvalue weighted by atomic mass is 19.1. The molecule has 0 saturated carbocycles. The summed E-state index contributed by atoms with van der Waals surface area (Å²) in [4.78, 5) is 26.0. The number of carbonyl (C=O) groups is 1. The molecule has 0 unspecified atom stereocenters. The van der Waals surface area contributed by atoms with Crippen LogP contribution in [0, 0.1) is 11.8 Å². The molecule has 224 valence electrons. The Bertz CT molecular complexity index is 1820. The zero-order valence-corrected chi connectivity index (χ0v) is 23.6. The van der Waals surface area contributed by atoms with Crippen LogP contribution in [0.3, 0.4) is 0 Å². The standard InChI is InChI=1S/C31H27F2N7O4/c1-3-30(41)39-11-8-20(9-12-39)43-27-15-22-25(16-26(27)42-2)35-18-36-31(22)37-24-6-5-21(14-23(24)32)44-29-10-13-40(38-29)19-4-7-28(33)34-17-19/h3-7,10,13-18,20H,1,8-9,11-12H2,2H3,(H,35,36,37). The van der Waals surface area contributed by atoms with Gasteiger partial charge in [0.2, 0.25) is 17.7 Å². The Morgan fingerprint density at radius 3 is 2.61 bits per heavy atom. The van der Waals surface area contributed by atoms with Crippen molar-refractivity contribution < 1.29 is 27.8 Å². The van der Waals surface area contributed by atoms with Gasteiger partial charge in [0.1, 0.15) is 29.8 Å². The first-order chi connectivity index (χ1) is 21.4. The molecule has 1 aliphatic rings. The largest absolute Gasteiger partial charge is 0.493 e. The molecule has 0 bridgehead atoms. The first-order valence-electron chi connectivity index (χ1n) is 13.7. The molecule has 5 aromatic rings. The Kier molecular flexibility index (Phi) is 8.00. The summed E-state index contributed by atoms with van der Waals surface area (Å²) in [5.41, 5.74) is 1.28. The number of nitrogens with one attached hydrogen (secondary N) is 1. The van der Waals surface area contributed by atoms with Crippen molar-refractivity contribution in [3.8, 4) is 28.8 Å². The van der Waals surface area contributed by atoms with E-state index in [4.69, 9.17) is 14.2 Å². The first-order valence-corrected chi connectivity index (χ1v) is 13.7. The van der Waals surface area contributed by atoms with Crippen LogP contribution in [-0.2, 0) is 4.79 Å². The van der Waals surface area contributed by atoms with Gasteiger partial charge in [0.15, 0.2) is 11.5 Å². The van der Waals surface area contributed by atoms with Gasteiger partial charge in [-0.05, 0) is 36.4 Å². The SMILES string of the molecule is C=CC(=O)N1CCC(Oc2cc3c(Nc4ccc(Oc5ccn(-c6ccc(F)nc6)n5)cc4F)ncnc3cc2OC)CC1. The van der Waals surface area contributed by atoms with Gasteiger partial charge in [0.05, 0.1) is 30.2 Å². The minimum atomic E-state index is -0.597. The number of ether oxygens (including phenoxy) is 3. The molecule has 0 spiro atoms. The monoisotopic (exact) mass is 599 g/mol. The number of hydrogen-bond acceptors (Lipinski definition) is 9. The van der Waals surface area contributed by atoms with Gasteiger partial charge in [-0.1, -0.05) is 6.58 Å². The number of hydrogen-bond donors (Lipinski definition) is 1. The number of aromatic nitrogens is 5. The average molecular weight is 600 g/mol. The minimum absolute atomic E-state index is 0.0955. The fraction of sp³-hybridized carbons (Fsp3) is 0.194. The molecule has 3 aromatic heterocycles. The molecule has 4 heterocycles. The lowest BCUT2D eigenvalue weighted by Crippen LogP contribution is -2.41. The Morgan fingerprint density at radius 2 is 1.89 bits per heavy atom. The van der Waals surface area contributed by atoms with E-state index in [1.54, 1.807) is 42.5 Å². The van der Waals surface area contributed by atoms with Crippen LogP contribution in [0.2, 0.25) is 0 Å². The molecule has 1 aliphatic heterocycles. The molecular formula is C31H27F2N7O4. The second kappa shape index (κ2) is 12.3. The molecule has 0 atom stereocenters. The van der Waals surface area contributed by atoms with Crippen LogP contribution in [0.4, 0.5) is 20.3 Å². The van der Waals surface area contributed by atoms with E-state index in [1.807, 2.05) is 0 Å². The van der Waals surface area contributed by atoms with Crippen molar-refractivity contribution in [1.29, 1.82) is 0 Å². The molecule has 6 rings (SSSR count). The zero-order chi connectivity index (χ0) is 30.6. The van der Waals surface area contributed by atoms with E-state index in [2.05, 4.69) is 31.9 Å². The summed E-state index contributed by atoms with van der Waals surface area (Å²) < 4.78 is 47.4. The summed E-state index contributed by atoms with van der Waals surface area (Å²) in [6.07, 6.45) is 6.83. The van der Waals surface area contributed by atoms with Crippen molar-refractivity contribution in [3.05, 3.63) is 91.7 Å². The molecular weight excluding hydrogens is 572 g/mol. The average Bonchev–Trinajstić information content (AvgIpc) is 3.51. The highest BCUT2D eigenvalue weighted by Gasteiger charge is 2.24. The predicted molar refractivity (Wildman–Crippen MR) is 158 cm³/mol. The molecule has 0 radical (unpaired) electrons. The maximum atomic E-state index is 15.2. The van der Waals surface area contributed by atoms with Gasteiger partial charge in [-0.25, -0.2) is 24.0 Å². The normalized spacial score (nSPS) is 13.5. The Balaban J connectivity index is 1.18. The number of piperidine rings is 1. The van der Waals surface area contributed by atoms with E-state index in [0.717, 1.165) is 0 Å². The van der Waals surface area contributed by atoms with Crippen molar-refractivity contribution in [2.75, 3.05) is 25.5 Å². The first kappa shape index (κ1) is 28.5. The van der Waals surface area contributed by atoms with Gasteiger partial charge < -0.3 is 24.4 Å². The van der Waals surface area contributed by atoms with Crippen LogP contribution >= 0.6 is 0 Å². The molecule has 44 heavy (non-hydrogen) atoms. The number of rotatable bonds is 9. The molecule has 1 saturated heterocycles. The highest BCUT2D eigenvalue weighted by molar-refractivity contribution is 5.93. The van der Waals surface area contributed by atoms with Crippen LogP contribution in [0.25, 0.3) is 16.6 Å². The quantitative estimate of drug-likeness (QED) is 0.171. The molecule has 0 aliphatic carbocycles. The van der Waals surface area contributed by atoms with Crippen LogP contribution in [-0.4, -0.2) is 61.8 Å². The van der Waals surface area contributed by atoms with Crippen molar-refractivity contribution >= 4 is 28.3 Å². The molecule has 1 N–H and O–H groups in total. The zero-order valence-electron chi connectivity index (χ0n) is 23.6. The van der Waals surface area contributed by atoms with E-state index in [1.165, 1.54) is 47.5 Å². The topological polar surface area (TPSA) is 117 Å². The van der Waals surface area contributed by atoms with Crippen molar-refractivity contribution in [1.82, 2.24) is 29.6 Å². The van der Waals surface area contributed by atoms with Gasteiger partial charge in [-0.3, -0.25) is 4.79 Å². The summed E-state index contributed by atoms with van der Waals surface area (Å²) in [5.74, 6) is 0.529. The van der Waals surface area contributed by atoms with Crippen LogP contribution in [0.5, 0.6) is 23.1 Å². The number of halogens is 2. The maximum Gasteiger partial charge on any atom is 0.245 e. The van der Waals surface area contributed by atoms with Crippen molar-refractivity contribution in [2.45, 2.75) is 18.9 Å². The van der Waals surface area contributed by atoms with E-state index in [0.29, 0.717) is 59.8 Å². The molecule has 2 aromatic carbocycles. The summed E-state index contributed by atoms with van der Waals surface area (Å²) >= 11 is 0.